The van der Waals surface area contributed by atoms with Gasteiger partial charge in [-0.05, 0) is 132 Å². The molecule has 0 spiro atoms. The Morgan fingerprint density at radius 2 is 0.455 bits per heavy atom. The highest BCUT2D eigenvalue weighted by Crippen LogP contribution is 2.48. The number of hydrogen-bond donors (Lipinski definition) is 0. The summed E-state index contributed by atoms with van der Waals surface area (Å²) in [5, 5.41) is 21.2. The van der Waals surface area contributed by atoms with Crippen molar-refractivity contribution < 1.29 is 0 Å². The minimum Gasteiger partial charge on any atom is -0.0656 e. The molecule has 0 aliphatic rings. The SMILES string of the molecule is C[Si](C)(C)c1cc2cc(-c3c4ccccc4c(-c4cccc5ccccc45)c4ccccc34)c([Si](C)(C)C)cc2cc1-c1c2ccccc2c(-c2cccc3ccccc23)c2ccccc12. The fourth-order valence-electron chi connectivity index (χ4n) is 11.3. The quantitative estimate of drug-likeness (QED) is 0.115. The van der Waals surface area contributed by atoms with Crippen LogP contribution in [0.5, 0.6) is 0 Å². The van der Waals surface area contributed by atoms with Crippen molar-refractivity contribution in [1.82, 2.24) is 0 Å². The van der Waals surface area contributed by atoms with E-state index in [0.29, 0.717) is 0 Å². The Balaban J connectivity index is 1.16. The van der Waals surface area contributed by atoms with Crippen LogP contribution in [0.3, 0.4) is 0 Å². The molecule has 2 heteroatoms. The van der Waals surface area contributed by atoms with Crippen molar-refractivity contribution >= 4 is 102 Å². The summed E-state index contributed by atoms with van der Waals surface area (Å²) in [5.41, 5.74) is 10.7. The highest BCUT2D eigenvalue weighted by atomic mass is 28.3. The molecule has 12 aromatic rings. The molecule has 0 bridgehead atoms. The summed E-state index contributed by atoms with van der Waals surface area (Å²) in [6.07, 6.45) is 0. The summed E-state index contributed by atoms with van der Waals surface area (Å²) >= 11 is 0. The Bertz CT molecular complexity index is 3570. The molecule has 0 amide bonds. The first kappa shape index (κ1) is 40.4. The van der Waals surface area contributed by atoms with Gasteiger partial charge in [-0.2, -0.15) is 0 Å². The number of benzene rings is 12. The lowest BCUT2D eigenvalue weighted by Gasteiger charge is -2.28. The zero-order valence-electron chi connectivity index (χ0n) is 38.6. The van der Waals surface area contributed by atoms with Crippen LogP contribution in [0.2, 0.25) is 39.3 Å². The maximum atomic E-state index is 2.60. The lowest BCUT2D eigenvalue weighted by atomic mass is 9.83. The van der Waals surface area contributed by atoms with Gasteiger partial charge in [-0.25, -0.2) is 0 Å². The predicted octanol–water partition coefficient (Wildman–Crippen LogP) is 17.5. The van der Waals surface area contributed by atoms with Crippen LogP contribution in [0.1, 0.15) is 0 Å². The number of hydrogen-bond acceptors (Lipinski definition) is 0. The van der Waals surface area contributed by atoms with Crippen LogP contribution in [0.25, 0.3) is 120 Å². The molecule has 0 aliphatic heterocycles. The molecule has 0 nitrogen and oxygen atoms in total. The van der Waals surface area contributed by atoms with E-state index in [-0.39, 0.29) is 0 Å². The normalized spacial score (nSPS) is 12.4. The summed E-state index contributed by atoms with van der Waals surface area (Å²) < 4.78 is 0. The van der Waals surface area contributed by atoms with Gasteiger partial charge in [-0.3, -0.25) is 0 Å². The summed E-state index contributed by atoms with van der Waals surface area (Å²) in [7, 11) is -3.92. The van der Waals surface area contributed by atoms with Crippen LogP contribution in [-0.2, 0) is 0 Å². The molecule has 0 saturated heterocycles. The van der Waals surface area contributed by atoms with Crippen molar-refractivity contribution in [3.63, 3.8) is 0 Å². The van der Waals surface area contributed by atoms with Crippen molar-refractivity contribution in [1.29, 1.82) is 0 Å². The molecule has 0 unspecified atom stereocenters. The molecule has 0 atom stereocenters. The third-order valence-corrected chi connectivity index (χ3v) is 18.3. The maximum absolute atomic E-state index is 2.60. The van der Waals surface area contributed by atoms with Crippen molar-refractivity contribution in [2.45, 2.75) is 39.3 Å². The highest BCUT2D eigenvalue weighted by Gasteiger charge is 2.29. The second-order valence-corrected chi connectivity index (χ2v) is 30.5. The van der Waals surface area contributed by atoms with E-state index in [0.717, 1.165) is 0 Å². The molecule has 12 aromatic carbocycles. The minimum absolute atomic E-state index is 1.27. The van der Waals surface area contributed by atoms with Gasteiger partial charge in [-0.15, -0.1) is 0 Å². The molecule has 0 fully saturated rings. The van der Waals surface area contributed by atoms with Gasteiger partial charge in [-0.1, -0.05) is 244 Å². The molecule has 0 aromatic heterocycles. The molecular weight excluding hydrogens is 825 g/mol. The van der Waals surface area contributed by atoms with Gasteiger partial charge in [0, 0.05) is 0 Å². The summed E-state index contributed by atoms with van der Waals surface area (Å²) in [6, 6.07) is 78.3. The predicted molar refractivity (Wildman–Crippen MR) is 297 cm³/mol. The first-order chi connectivity index (χ1) is 32.0. The van der Waals surface area contributed by atoms with Gasteiger partial charge >= 0.3 is 0 Å². The van der Waals surface area contributed by atoms with Gasteiger partial charge in [0.1, 0.15) is 0 Å². The fraction of sp³-hybridized carbons (Fsp3) is 0.0938. The zero-order chi connectivity index (χ0) is 44.9. The smallest absolute Gasteiger partial charge is 0.0656 e. The lowest BCUT2D eigenvalue weighted by Crippen LogP contribution is -2.40. The molecule has 12 rings (SSSR count). The topological polar surface area (TPSA) is 0 Å². The van der Waals surface area contributed by atoms with E-state index in [2.05, 4.69) is 246 Å². The zero-order valence-corrected chi connectivity index (χ0v) is 40.6. The van der Waals surface area contributed by atoms with Crippen LogP contribution in [0, 0.1) is 0 Å². The van der Waals surface area contributed by atoms with Gasteiger partial charge in [0.25, 0.3) is 0 Å². The average molecular weight is 877 g/mol. The lowest BCUT2D eigenvalue weighted by molar-refractivity contribution is 1.66. The molecule has 0 radical (unpaired) electrons. The Hall–Kier alpha value is -7.11. The van der Waals surface area contributed by atoms with E-state index < -0.39 is 16.1 Å². The maximum Gasteiger partial charge on any atom is 0.0784 e. The van der Waals surface area contributed by atoms with Crippen molar-refractivity contribution in [3.05, 3.63) is 206 Å². The van der Waals surface area contributed by atoms with Crippen molar-refractivity contribution in [3.8, 4) is 44.5 Å². The highest BCUT2D eigenvalue weighted by molar-refractivity contribution is 6.90. The molecule has 0 heterocycles. The van der Waals surface area contributed by atoms with Gasteiger partial charge in [0.05, 0.1) is 16.1 Å². The van der Waals surface area contributed by atoms with Gasteiger partial charge in [0.15, 0.2) is 0 Å². The second-order valence-electron chi connectivity index (χ2n) is 20.4. The van der Waals surface area contributed by atoms with E-state index in [9.17, 15) is 0 Å². The Kier molecular flexibility index (Phi) is 9.33. The third kappa shape index (κ3) is 6.38. The monoisotopic (exact) mass is 876 g/mol. The number of rotatable bonds is 6. The standard InChI is InChI=1S/C64H52Si2/c1-65(2,3)59-39-43-38-58(64-55-33-17-13-29-51(55)62(52-30-14-18-34-56(52)64)48-36-20-24-42-22-8-10-26-46(42)48)60(66(4,5)6)40-44(43)37-57(59)63-53-31-15-11-27-49(53)61(50-28-12-16-32-54(50)63)47-35-19-23-41-21-7-9-25-45(41)47/h7-40H,1-6H3. The van der Waals surface area contributed by atoms with Crippen molar-refractivity contribution in [2.75, 3.05) is 0 Å². The third-order valence-electron chi connectivity index (χ3n) is 14.2. The minimum atomic E-state index is -1.96. The van der Waals surface area contributed by atoms with Crippen LogP contribution in [0.4, 0.5) is 0 Å². The molecule has 316 valence electrons. The Morgan fingerprint density at radius 1 is 0.212 bits per heavy atom. The van der Waals surface area contributed by atoms with Crippen LogP contribution in [0.15, 0.2) is 206 Å². The Labute approximate surface area is 389 Å². The van der Waals surface area contributed by atoms with Crippen LogP contribution in [-0.4, -0.2) is 16.1 Å². The summed E-state index contributed by atoms with van der Waals surface area (Å²) in [6.45, 7) is 15.1. The first-order valence-corrected chi connectivity index (χ1v) is 30.5. The summed E-state index contributed by atoms with van der Waals surface area (Å²) in [5.74, 6) is 0. The molecule has 0 saturated carbocycles. The van der Waals surface area contributed by atoms with E-state index in [1.807, 2.05) is 0 Å². The molecule has 0 aliphatic carbocycles. The Morgan fingerprint density at radius 3 is 0.742 bits per heavy atom. The van der Waals surface area contributed by atoms with E-state index >= 15 is 0 Å². The fourth-order valence-corrected chi connectivity index (χ4v) is 14.5. The van der Waals surface area contributed by atoms with E-state index in [1.54, 1.807) is 0 Å². The van der Waals surface area contributed by atoms with Crippen LogP contribution < -0.4 is 10.4 Å². The van der Waals surface area contributed by atoms with E-state index in [4.69, 9.17) is 0 Å². The second kappa shape index (κ2) is 15.2. The first-order valence-electron chi connectivity index (χ1n) is 23.5. The van der Waals surface area contributed by atoms with Gasteiger partial charge in [0.2, 0.25) is 0 Å². The molecule has 0 N–H and O–H groups in total. The van der Waals surface area contributed by atoms with Gasteiger partial charge < -0.3 is 0 Å². The molecule has 66 heavy (non-hydrogen) atoms. The largest absolute Gasteiger partial charge is 0.0784 e. The van der Waals surface area contributed by atoms with Crippen LogP contribution >= 0.6 is 0 Å². The molecular formula is C64H52Si2. The van der Waals surface area contributed by atoms with Crippen molar-refractivity contribution in [2.24, 2.45) is 0 Å². The summed E-state index contributed by atoms with van der Waals surface area (Å²) in [4.78, 5) is 0. The van der Waals surface area contributed by atoms with E-state index in [1.165, 1.54) is 130 Å². The average Bonchev–Trinajstić information content (AvgIpc) is 3.33. The number of fused-ring (bicyclic) bond motifs is 7.